The zero-order valence-electron chi connectivity index (χ0n) is 18.4. The normalized spacial score (nSPS) is 20.9. The van der Waals surface area contributed by atoms with Gasteiger partial charge in [-0.3, -0.25) is 14.4 Å². The SMILES string of the molecule is COc1ccc2cc1Oc1cccc(c1)C[C@@H](C(=O)O)NC(=O)[C@H](CC(N)=O)NC(=O)[C@@H](N)C2. The molecule has 3 amide bonds. The Hall–Kier alpha value is -4.12. The smallest absolute Gasteiger partial charge is 0.326 e. The lowest BCUT2D eigenvalue weighted by Crippen LogP contribution is -2.56. The van der Waals surface area contributed by atoms with Gasteiger partial charge in [-0.2, -0.15) is 0 Å². The molecule has 1 aliphatic heterocycles. The lowest BCUT2D eigenvalue weighted by Gasteiger charge is -2.23. The molecule has 0 radical (unpaired) electrons. The minimum atomic E-state index is -1.38. The van der Waals surface area contributed by atoms with Gasteiger partial charge in [-0.05, 0) is 41.8 Å². The third-order valence-corrected chi connectivity index (χ3v) is 5.24. The molecule has 11 nitrogen and oxygen atoms in total. The van der Waals surface area contributed by atoms with Crippen molar-refractivity contribution in [3.8, 4) is 17.2 Å². The molecule has 3 rings (SSSR count). The van der Waals surface area contributed by atoms with E-state index in [1.807, 2.05) is 0 Å². The summed E-state index contributed by atoms with van der Waals surface area (Å²) in [6.45, 7) is 0. The fourth-order valence-electron chi connectivity index (χ4n) is 3.53. The number of amides is 3. The van der Waals surface area contributed by atoms with Gasteiger partial charge in [-0.25, -0.2) is 4.79 Å². The van der Waals surface area contributed by atoms with E-state index in [2.05, 4.69) is 10.6 Å². The van der Waals surface area contributed by atoms with Crippen molar-refractivity contribution in [2.45, 2.75) is 37.4 Å². The van der Waals surface area contributed by atoms with Gasteiger partial charge in [-0.1, -0.05) is 18.2 Å². The number of carbonyl (C=O) groups excluding carboxylic acids is 3. The molecule has 11 heteroatoms. The minimum absolute atomic E-state index is 0.0772. The van der Waals surface area contributed by atoms with E-state index in [0.717, 1.165) is 0 Å². The van der Waals surface area contributed by atoms with Gasteiger partial charge < -0.3 is 36.7 Å². The van der Waals surface area contributed by atoms with Crippen LogP contribution in [0.5, 0.6) is 17.2 Å². The maximum Gasteiger partial charge on any atom is 0.326 e. The average Bonchev–Trinajstić information content (AvgIpc) is 2.77. The van der Waals surface area contributed by atoms with Gasteiger partial charge in [0, 0.05) is 6.42 Å². The van der Waals surface area contributed by atoms with Gasteiger partial charge in [0.25, 0.3) is 0 Å². The quantitative estimate of drug-likeness (QED) is 0.408. The van der Waals surface area contributed by atoms with E-state index in [-0.39, 0.29) is 12.8 Å². The molecule has 2 aromatic carbocycles. The highest BCUT2D eigenvalue weighted by Crippen LogP contribution is 2.33. The third-order valence-electron chi connectivity index (χ3n) is 5.24. The molecule has 3 atom stereocenters. The summed E-state index contributed by atoms with van der Waals surface area (Å²) < 4.78 is 11.3. The first-order valence-electron chi connectivity index (χ1n) is 10.5. The number of carboxylic acid groups (broad SMARTS) is 1. The highest BCUT2D eigenvalue weighted by atomic mass is 16.5. The van der Waals surface area contributed by atoms with E-state index in [9.17, 15) is 24.3 Å². The van der Waals surface area contributed by atoms with Crippen LogP contribution in [0.1, 0.15) is 17.5 Å². The number of carbonyl (C=O) groups is 4. The number of aliphatic carboxylic acids is 1. The first-order chi connectivity index (χ1) is 16.2. The van der Waals surface area contributed by atoms with Crippen LogP contribution < -0.4 is 31.6 Å². The Morgan fingerprint density at radius 2 is 1.82 bits per heavy atom. The Morgan fingerprint density at radius 3 is 2.50 bits per heavy atom. The van der Waals surface area contributed by atoms with Crippen molar-refractivity contribution in [3.05, 3.63) is 53.6 Å². The molecular weight excluding hydrogens is 444 g/mol. The van der Waals surface area contributed by atoms with Gasteiger partial charge in [0.1, 0.15) is 17.8 Å². The zero-order valence-corrected chi connectivity index (χ0v) is 18.4. The second-order valence-corrected chi connectivity index (χ2v) is 7.88. The van der Waals surface area contributed by atoms with Crippen LogP contribution in [0.25, 0.3) is 0 Å². The van der Waals surface area contributed by atoms with E-state index in [1.54, 1.807) is 42.5 Å². The Bertz CT molecular complexity index is 1100. The van der Waals surface area contributed by atoms with E-state index in [0.29, 0.717) is 28.4 Å². The lowest BCUT2D eigenvalue weighted by molar-refractivity contribution is -0.142. The Labute approximate surface area is 195 Å². The molecule has 0 aliphatic carbocycles. The van der Waals surface area contributed by atoms with Crippen LogP contribution in [0.3, 0.4) is 0 Å². The Kier molecular flexibility index (Phi) is 7.69. The lowest BCUT2D eigenvalue weighted by atomic mass is 10.0. The molecular formula is C23H26N4O7. The summed E-state index contributed by atoms with van der Waals surface area (Å²) in [6, 6.07) is 8.00. The highest BCUT2D eigenvalue weighted by molar-refractivity contribution is 5.94. The van der Waals surface area contributed by atoms with Crippen molar-refractivity contribution < 1.29 is 33.8 Å². The molecule has 0 saturated carbocycles. The zero-order chi connectivity index (χ0) is 24.8. The summed E-state index contributed by atoms with van der Waals surface area (Å²) >= 11 is 0. The molecule has 0 saturated heterocycles. The number of fused-ring (bicyclic) bond motifs is 4. The van der Waals surface area contributed by atoms with Crippen LogP contribution in [0.2, 0.25) is 0 Å². The maximum atomic E-state index is 12.8. The largest absolute Gasteiger partial charge is 0.493 e. The highest BCUT2D eigenvalue weighted by Gasteiger charge is 2.29. The summed E-state index contributed by atoms with van der Waals surface area (Å²) in [4.78, 5) is 48.7. The monoisotopic (exact) mass is 470 g/mol. The van der Waals surface area contributed by atoms with Gasteiger partial charge in [0.15, 0.2) is 11.5 Å². The first-order valence-corrected chi connectivity index (χ1v) is 10.5. The van der Waals surface area contributed by atoms with Crippen LogP contribution >= 0.6 is 0 Å². The molecule has 0 spiro atoms. The van der Waals surface area contributed by atoms with Crippen molar-refractivity contribution in [2.24, 2.45) is 11.5 Å². The first kappa shape index (κ1) is 24.5. The standard InChI is InChI=1S/C23H26N4O7/c1-33-18-6-5-13-8-15(24)21(29)26-16(11-20(25)28)22(30)27-17(23(31)32)9-12-3-2-4-14(7-12)34-19(18)10-13/h2-7,10,15-17H,8-9,11,24H2,1H3,(H2,25,28)(H,26,29)(H,27,30)(H,31,32)/t15-,16-,17-/m0/s1. The van der Waals surface area contributed by atoms with Crippen molar-refractivity contribution in [3.63, 3.8) is 0 Å². The number of rotatable bonds is 4. The second-order valence-electron chi connectivity index (χ2n) is 7.88. The number of nitrogens with two attached hydrogens (primary N) is 2. The summed E-state index contributed by atoms with van der Waals surface area (Å²) in [5.74, 6) is -2.46. The third kappa shape index (κ3) is 6.23. The molecule has 7 N–H and O–H groups in total. The number of methoxy groups -OCH3 is 1. The van der Waals surface area contributed by atoms with Gasteiger partial charge in [-0.15, -0.1) is 0 Å². The van der Waals surface area contributed by atoms with E-state index >= 15 is 0 Å². The Morgan fingerprint density at radius 1 is 1.09 bits per heavy atom. The van der Waals surface area contributed by atoms with Crippen LogP contribution in [-0.2, 0) is 32.0 Å². The van der Waals surface area contributed by atoms with Gasteiger partial charge in [0.05, 0.1) is 19.6 Å². The van der Waals surface area contributed by atoms with Crippen molar-refractivity contribution in [1.82, 2.24) is 10.6 Å². The van der Waals surface area contributed by atoms with Gasteiger partial charge in [0.2, 0.25) is 17.7 Å². The molecule has 1 heterocycles. The maximum absolute atomic E-state index is 12.8. The summed E-state index contributed by atoms with van der Waals surface area (Å²) in [7, 11) is 1.49. The molecule has 0 fully saturated rings. The number of carboxylic acids is 1. The topological polar surface area (TPSA) is 183 Å². The average molecular weight is 470 g/mol. The number of hydrogen-bond acceptors (Lipinski definition) is 7. The number of primary amides is 1. The van der Waals surface area contributed by atoms with Crippen molar-refractivity contribution in [1.29, 1.82) is 0 Å². The minimum Gasteiger partial charge on any atom is -0.493 e. The number of ether oxygens (including phenoxy) is 2. The van der Waals surface area contributed by atoms with Gasteiger partial charge >= 0.3 is 5.97 Å². The van der Waals surface area contributed by atoms with Crippen LogP contribution in [-0.4, -0.2) is 54.0 Å². The molecule has 4 bridgehead atoms. The van der Waals surface area contributed by atoms with Crippen molar-refractivity contribution >= 4 is 23.7 Å². The number of nitrogens with one attached hydrogen (secondary N) is 2. The predicted molar refractivity (Wildman–Crippen MR) is 120 cm³/mol. The fraction of sp³-hybridized carbons (Fsp3) is 0.304. The second kappa shape index (κ2) is 10.7. The Balaban J connectivity index is 2.04. The number of benzene rings is 2. The van der Waals surface area contributed by atoms with Crippen molar-refractivity contribution in [2.75, 3.05) is 7.11 Å². The molecule has 2 aromatic rings. The fourth-order valence-corrected chi connectivity index (χ4v) is 3.53. The summed E-state index contributed by atoms with van der Waals surface area (Å²) in [5.41, 5.74) is 12.5. The molecule has 0 unspecified atom stereocenters. The molecule has 0 aromatic heterocycles. The van der Waals surface area contributed by atoms with Crippen LogP contribution in [0.15, 0.2) is 42.5 Å². The van der Waals surface area contributed by atoms with Crippen LogP contribution in [0.4, 0.5) is 0 Å². The molecule has 180 valence electrons. The molecule has 1 aliphatic rings. The van der Waals surface area contributed by atoms with E-state index < -0.39 is 48.2 Å². The number of hydrogen-bond donors (Lipinski definition) is 5. The van der Waals surface area contributed by atoms with Crippen LogP contribution in [0, 0.1) is 0 Å². The summed E-state index contributed by atoms with van der Waals surface area (Å²) in [5, 5.41) is 14.4. The van der Waals surface area contributed by atoms with E-state index in [4.69, 9.17) is 20.9 Å². The van der Waals surface area contributed by atoms with E-state index in [1.165, 1.54) is 7.11 Å². The molecule has 34 heavy (non-hydrogen) atoms. The predicted octanol–water partition coefficient (Wildman–Crippen LogP) is -0.157. The summed E-state index contributed by atoms with van der Waals surface area (Å²) in [6.07, 6.45) is -0.506.